The summed E-state index contributed by atoms with van der Waals surface area (Å²) in [5.74, 6) is -0.327. The van der Waals surface area contributed by atoms with Gasteiger partial charge in [-0.05, 0) is 61.5 Å². The van der Waals surface area contributed by atoms with Crippen molar-refractivity contribution >= 4 is 29.0 Å². The molecule has 5 rings (SSSR count). The Morgan fingerprint density at radius 2 is 1.85 bits per heavy atom. The van der Waals surface area contributed by atoms with Gasteiger partial charge >= 0.3 is 5.97 Å². The fourth-order valence-corrected chi connectivity index (χ4v) is 6.10. The summed E-state index contributed by atoms with van der Waals surface area (Å²) in [6, 6.07) is 9.60. The van der Waals surface area contributed by atoms with Gasteiger partial charge in [-0.2, -0.15) is 0 Å². The van der Waals surface area contributed by atoms with Crippen molar-refractivity contribution in [3.05, 3.63) is 56.8 Å². The van der Waals surface area contributed by atoms with E-state index in [9.17, 15) is 18.8 Å². The average molecular weight is 484 g/mol. The number of fused-ring (bicyclic) bond motifs is 1. The molecule has 0 bridgehead atoms. The highest BCUT2D eigenvalue weighted by molar-refractivity contribution is 7.12. The van der Waals surface area contributed by atoms with Crippen molar-refractivity contribution in [2.75, 3.05) is 6.54 Å². The number of aryl methyl sites for hydroxylation is 1. The molecule has 2 saturated carbocycles. The van der Waals surface area contributed by atoms with E-state index in [1.165, 1.54) is 11.3 Å². The van der Waals surface area contributed by atoms with Crippen LogP contribution >= 0.6 is 11.3 Å². The highest BCUT2D eigenvalue weighted by Crippen LogP contribution is 2.41. The Labute approximate surface area is 203 Å². The number of hydrogen-bond acceptors (Lipinski definition) is 5. The molecule has 5 nitrogen and oxygen atoms in total. The quantitative estimate of drug-likeness (QED) is 0.502. The van der Waals surface area contributed by atoms with Crippen LogP contribution in [0.1, 0.15) is 63.3 Å². The molecule has 0 saturated heterocycles. The zero-order chi connectivity index (χ0) is 23.7. The molecule has 1 amide bonds. The molecule has 3 atom stereocenters. The van der Waals surface area contributed by atoms with E-state index in [2.05, 4.69) is 5.32 Å². The lowest BCUT2D eigenvalue weighted by Crippen LogP contribution is -2.28. The summed E-state index contributed by atoms with van der Waals surface area (Å²) >= 11 is 1.52. The Morgan fingerprint density at radius 3 is 2.56 bits per heavy atom. The van der Waals surface area contributed by atoms with Crippen molar-refractivity contribution in [1.82, 2.24) is 5.32 Å². The number of carbonyl (C=O) groups excluding carboxylic acids is 3. The van der Waals surface area contributed by atoms with Gasteiger partial charge in [0, 0.05) is 29.1 Å². The Balaban J connectivity index is 1.27. The second kappa shape index (κ2) is 9.98. The molecule has 34 heavy (non-hydrogen) atoms. The molecule has 0 aliphatic heterocycles. The largest absolute Gasteiger partial charge is 0.461 e. The number of Topliss-reactive ketones (excluding diaryl/α,β-unsaturated/α-hetero) is 1. The lowest BCUT2D eigenvalue weighted by Gasteiger charge is -2.22. The van der Waals surface area contributed by atoms with Gasteiger partial charge in [0.05, 0.1) is 11.5 Å². The Kier molecular flexibility index (Phi) is 6.82. The number of hydrogen-bond donors (Lipinski definition) is 1. The van der Waals surface area contributed by atoms with E-state index in [-0.39, 0.29) is 36.6 Å². The average Bonchev–Trinajstić information content (AvgIpc) is 3.75. The van der Waals surface area contributed by atoms with Gasteiger partial charge in [-0.25, -0.2) is 4.39 Å². The summed E-state index contributed by atoms with van der Waals surface area (Å²) in [6.45, 7) is 0.912. The zero-order valence-corrected chi connectivity index (χ0v) is 20.0. The van der Waals surface area contributed by atoms with Crippen LogP contribution in [0, 0.1) is 17.8 Å². The maximum Gasteiger partial charge on any atom is 0.306 e. The third-order valence-electron chi connectivity index (χ3n) is 7.07. The predicted molar refractivity (Wildman–Crippen MR) is 127 cm³/mol. The molecule has 0 unspecified atom stereocenters. The summed E-state index contributed by atoms with van der Waals surface area (Å²) in [5.41, 5.74) is 2.53. The van der Waals surface area contributed by atoms with Gasteiger partial charge in [0.1, 0.15) is 18.6 Å². The molecule has 3 aliphatic carbocycles. The SMILES string of the molecule is O=C(C[C@H]1CCc2sc(CC(=O)[C@@H]3C[C@@H]3F)c(C(=O)NCC3CC3)c2C1)OCc1ccccc1. The first-order valence-electron chi connectivity index (χ1n) is 12.3. The molecule has 1 aromatic heterocycles. The van der Waals surface area contributed by atoms with Crippen LogP contribution in [0.15, 0.2) is 30.3 Å². The van der Waals surface area contributed by atoms with E-state index in [1.54, 1.807) is 0 Å². The first-order valence-corrected chi connectivity index (χ1v) is 13.1. The summed E-state index contributed by atoms with van der Waals surface area (Å²) in [5, 5.41) is 3.05. The standard InChI is InChI=1S/C27H30FNO4S/c28-21-12-19(21)22(30)13-24-26(27(32)29-14-16-6-7-16)20-10-18(8-9-23(20)34-24)11-25(31)33-15-17-4-2-1-3-5-17/h1-5,16,18-19,21H,6-15H2,(H,29,32)/t18-,19+,21-/m0/s1. The van der Waals surface area contributed by atoms with Crippen LogP contribution in [0.3, 0.4) is 0 Å². The van der Waals surface area contributed by atoms with Gasteiger partial charge in [-0.1, -0.05) is 30.3 Å². The van der Waals surface area contributed by atoms with E-state index in [1.807, 2.05) is 30.3 Å². The van der Waals surface area contributed by atoms with Crippen LogP contribution in [0.4, 0.5) is 4.39 Å². The predicted octanol–water partition coefficient (Wildman–Crippen LogP) is 4.60. The van der Waals surface area contributed by atoms with Crippen LogP contribution in [-0.4, -0.2) is 30.4 Å². The summed E-state index contributed by atoms with van der Waals surface area (Å²) in [6.07, 6.45) is 4.25. The number of amides is 1. The van der Waals surface area contributed by atoms with Crippen LogP contribution < -0.4 is 5.32 Å². The molecule has 0 radical (unpaired) electrons. The van der Waals surface area contributed by atoms with E-state index < -0.39 is 12.1 Å². The monoisotopic (exact) mass is 483 g/mol. The summed E-state index contributed by atoms with van der Waals surface area (Å²) in [7, 11) is 0. The third kappa shape index (κ3) is 5.57. The number of benzene rings is 1. The van der Waals surface area contributed by atoms with E-state index in [0.717, 1.165) is 46.6 Å². The Bertz CT molecular complexity index is 1080. The first-order chi connectivity index (χ1) is 16.5. The number of ketones is 1. The topological polar surface area (TPSA) is 72.5 Å². The number of thiophene rings is 1. The minimum atomic E-state index is -1.03. The minimum absolute atomic E-state index is 0.0996. The van der Waals surface area contributed by atoms with Crippen LogP contribution in [0.25, 0.3) is 0 Å². The molecule has 1 N–H and O–H groups in total. The second-order valence-corrected chi connectivity index (χ2v) is 11.1. The van der Waals surface area contributed by atoms with Crippen molar-refractivity contribution in [3.63, 3.8) is 0 Å². The van der Waals surface area contributed by atoms with E-state index in [0.29, 0.717) is 37.3 Å². The van der Waals surface area contributed by atoms with Crippen LogP contribution in [-0.2, 0) is 40.2 Å². The fourth-order valence-electron chi connectivity index (χ4n) is 4.74. The smallest absolute Gasteiger partial charge is 0.306 e. The molecular weight excluding hydrogens is 453 g/mol. The maximum atomic E-state index is 13.4. The molecule has 3 aliphatic rings. The second-order valence-electron chi connectivity index (χ2n) is 9.92. The fraction of sp³-hybridized carbons (Fsp3) is 0.519. The van der Waals surface area contributed by atoms with Crippen molar-refractivity contribution in [2.24, 2.45) is 17.8 Å². The molecule has 0 spiro atoms. The zero-order valence-electron chi connectivity index (χ0n) is 19.2. The van der Waals surface area contributed by atoms with E-state index >= 15 is 0 Å². The van der Waals surface area contributed by atoms with Crippen molar-refractivity contribution < 1.29 is 23.5 Å². The molecule has 7 heteroatoms. The minimum Gasteiger partial charge on any atom is -0.461 e. The van der Waals surface area contributed by atoms with Crippen LogP contribution in [0.5, 0.6) is 0 Å². The number of alkyl halides is 1. The van der Waals surface area contributed by atoms with Crippen LogP contribution in [0.2, 0.25) is 0 Å². The molecule has 2 aromatic rings. The first kappa shape index (κ1) is 23.2. The van der Waals surface area contributed by atoms with E-state index in [4.69, 9.17) is 4.74 Å². The van der Waals surface area contributed by atoms with Gasteiger partial charge in [-0.3, -0.25) is 14.4 Å². The molecule has 180 valence electrons. The number of ether oxygens (including phenoxy) is 1. The lowest BCUT2D eigenvalue weighted by molar-refractivity contribution is -0.146. The lowest BCUT2D eigenvalue weighted by atomic mass is 9.84. The van der Waals surface area contributed by atoms with Crippen molar-refractivity contribution in [2.45, 2.75) is 64.1 Å². The number of halogens is 1. The third-order valence-corrected chi connectivity index (χ3v) is 8.36. The van der Waals surface area contributed by atoms with Gasteiger partial charge in [0.2, 0.25) is 0 Å². The van der Waals surface area contributed by atoms with Gasteiger partial charge in [0.15, 0.2) is 0 Å². The highest BCUT2D eigenvalue weighted by atomic mass is 32.1. The molecule has 1 heterocycles. The summed E-state index contributed by atoms with van der Waals surface area (Å²) in [4.78, 5) is 40.1. The Hall–Kier alpha value is -2.54. The van der Waals surface area contributed by atoms with Gasteiger partial charge in [0.25, 0.3) is 5.91 Å². The molecule has 2 fully saturated rings. The Morgan fingerprint density at radius 1 is 1.09 bits per heavy atom. The van der Waals surface area contributed by atoms with Gasteiger partial charge < -0.3 is 10.1 Å². The van der Waals surface area contributed by atoms with Crippen molar-refractivity contribution in [3.8, 4) is 0 Å². The normalized spacial score (nSPS) is 23.1. The number of rotatable bonds is 10. The summed E-state index contributed by atoms with van der Waals surface area (Å²) < 4.78 is 18.9. The van der Waals surface area contributed by atoms with Crippen molar-refractivity contribution in [1.29, 1.82) is 0 Å². The maximum absolute atomic E-state index is 13.4. The van der Waals surface area contributed by atoms with Gasteiger partial charge in [-0.15, -0.1) is 11.3 Å². The molecular formula is C27H30FNO4S. The highest BCUT2D eigenvalue weighted by Gasteiger charge is 2.43. The molecule has 1 aromatic carbocycles. The number of esters is 1. The number of nitrogens with one attached hydrogen (secondary N) is 1. The number of carbonyl (C=O) groups is 3.